The molecule has 1 heterocycles. The van der Waals surface area contributed by atoms with Crippen LogP contribution >= 0.6 is 0 Å². The van der Waals surface area contributed by atoms with E-state index in [4.69, 9.17) is 4.52 Å². The number of aryl methyl sites for hydroxylation is 1. The number of hydrogen-bond donors (Lipinski definition) is 0. The molecule has 0 aliphatic heterocycles. The maximum absolute atomic E-state index is 5.30. The molecule has 1 aromatic carbocycles. The molecule has 0 N–H and O–H groups in total. The Balaban J connectivity index is 2.17. The quantitative estimate of drug-likeness (QED) is 0.593. The standard InChI is InChI=1S/C24H33NO/c1-8-9-10-18-14-21-22(24(6,7)17(3)23(21,4)5)15-20(18)16(2)13-19-11-12-25-26-19/h11-15,17H,8-10H2,1-7H3. The monoisotopic (exact) mass is 351 g/mol. The molecule has 1 unspecified atom stereocenters. The number of fused-ring (bicyclic) bond motifs is 1. The first-order valence-corrected chi connectivity index (χ1v) is 9.96. The fraction of sp³-hybridized carbons (Fsp3) is 0.542. The number of allylic oxidation sites excluding steroid dienone is 1. The van der Waals surface area contributed by atoms with Gasteiger partial charge < -0.3 is 4.52 Å². The molecule has 0 radical (unpaired) electrons. The Hall–Kier alpha value is -1.83. The van der Waals surface area contributed by atoms with E-state index in [0.717, 1.165) is 12.2 Å². The van der Waals surface area contributed by atoms with Crippen LogP contribution in [0, 0.1) is 5.92 Å². The van der Waals surface area contributed by atoms with Gasteiger partial charge in [-0.05, 0) is 70.4 Å². The highest BCUT2D eigenvalue weighted by Gasteiger charge is 2.48. The van der Waals surface area contributed by atoms with Crippen molar-refractivity contribution in [2.24, 2.45) is 5.92 Å². The van der Waals surface area contributed by atoms with Gasteiger partial charge in [0.1, 0.15) is 0 Å². The molecule has 2 heteroatoms. The normalized spacial score (nSPS) is 21.0. The SMILES string of the molecule is CCCCc1cc2c(cc1C(C)=Cc1ccno1)C(C)(C)C(C)C2(C)C. The van der Waals surface area contributed by atoms with Crippen molar-refractivity contribution in [1.82, 2.24) is 5.16 Å². The fourth-order valence-corrected chi connectivity index (χ4v) is 4.61. The van der Waals surface area contributed by atoms with E-state index < -0.39 is 0 Å². The van der Waals surface area contributed by atoms with Gasteiger partial charge in [0.25, 0.3) is 0 Å². The highest BCUT2D eigenvalue weighted by atomic mass is 16.5. The number of hydrogen-bond acceptors (Lipinski definition) is 2. The first kappa shape index (κ1) is 18.9. The third-order valence-corrected chi connectivity index (χ3v) is 6.84. The summed E-state index contributed by atoms with van der Waals surface area (Å²) in [6, 6.07) is 6.88. The summed E-state index contributed by atoms with van der Waals surface area (Å²) in [4.78, 5) is 0. The second-order valence-electron chi connectivity index (χ2n) is 9.07. The number of nitrogens with zero attached hydrogens (tertiary/aromatic N) is 1. The lowest BCUT2D eigenvalue weighted by molar-refractivity contribution is 0.264. The predicted octanol–water partition coefficient (Wildman–Crippen LogP) is 6.78. The van der Waals surface area contributed by atoms with E-state index in [1.165, 1.54) is 40.7 Å². The van der Waals surface area contributed by atoms with Gasteiger partial charge in [-0.1, -0.05) is 65.3 Å². The summed E-state index contributed by atoms with van der Waals surface area (Å²) in [5.41, 5.74) is 7.53. The van der Waals surface area contributed by atoms with E-state index in [9.17, 15) is 0 Å². The molecule has 0 bridgehead atoms. The summed E-state index contributed by atoms with van der Waals surface area (Å²) in [5.74, 6) is 1.43. The Morgan fingerprint density at radius 2 is 1.81 bits per heavy atom. The minimum absolute atomic E-state index is 0.184. The predicted molar refractivity (Wildman–Crippen MR) is 110 cm³/mol. The van der Waals surface area contributed by atoms with Crippen molar-refractivity contribution in [3.05, 3.63) is 52.4 Å². The smallest absolute Gasteiger partial charge is 0.159 e. The maximum atomic E-state index is 5.30. The molecule has 0 fully saturated rings. The summed E-state index contributed by atoms with van der Waals surface area (Å²) in [5, 5.41) is 3.83. The highest BCUT2D eigenvalue weighted by Crippen LogP contribution is 2.54. The van der Waals surface area contributed by atoms with Gasteiger partial charge in [-0.15, -0.1) is 0 Å². The van der Waals surface area contributed by atoms with Crippen molar-refractivity contribution in [3.63, 3.8) is 0 Å². The van der Waals surface area contributed by atoms with E-state index in [1.54, 1.807) is 6.20 Å². The Kier molecular flexibility index (Phi) is 4.90. The molecule has 0 saturated heterocycles. The Labute approximate surface area is 158 Å². The van der Waals surface area contributed by atoms with Crippen molar-refractivity contribution < 1.29 is 4.52 Å². The van der Waals surface area contributed by atoms with Crippen LogP contribution in [0.2, 0.25) is 0 Å². The zero-order valence-corrected chi connectivity index (χ0v) is 17.4. The highest BCUT2D eigenvalue weighted by molar-refractivity contribution is 5.81. The van der Waals surface area contributed by atoms with Gasteiger partial charge in [0.15, 0.2) is 5.76 Å². The molecule has 0 amide bonds. The average Bonchev–Trinajstić information content (AvgIpc) is 3.14. The Morgan fingerprint density at radius 1 is 1.15 bits per heavy atom. The minimum atomic E-state index is 0.184. The first-order chi connectivity index (χ1) is 12.2. The number of unbranched alkanes of at least 4 members (excludes halogenated alkanes) is 1. The van der Waals surface area contributed by atoms with Gasteiger partial charge >= 0.3 is 0 Å². The third-order valence-electron chi connectivity index (χ3n) is 6.84. The summed E-state index contributed by atoms with van der Waals surface area (Å²) in [7, 11) is 0. The number of benzene rings is 1. The molecule has 0 spiro atoms. The molecule has 3 rings (SSSR count). The zero-order chi connectivity index (χ0) is 19.1. The van der Waals surface area contributed by atoms with Crippen molar-refractivity contribution in [2.75, 3.05) is 0 Å². The lowest BCUT2D eigenvalue weighted by Crippen LogP contribution is -2.30. The minimum Gasteiger partial charge on any atom is -0.357 e. The molecule has 0 saturated carbocycles. The van der Waals surface area contributed by atoms with E-state index in [-0.39, 0.29) is 10.8 Å². The molecule has 2 nitrogen and oxygen atoms in total. The molecule has 26 heavy (non-hydrogen) atoms. The van der Waals surface area contributed by atoms with Crippen LogP contribution in [0.4, 0.5) is 0 Å². The summed E-state index contributed by atoms with van der Waals surface area (Å²) in [6.45, 7) is 16.5. The van der Waals surface area contributed by atoms with Gasteiger partial charge in [-0.3, -0.25) is 0 Å². The molecule has 1 aliphatic rings. The van der Waals surface area contributed by atoms with Crippen LogP contribution in [0.15, 0.2) is 28.9 Å². The Bertz CT molecular complexity index is 809. The Morgan fingerprint density at radius 3 is 2.38 bits per heavy atom. The molecule has 2 aromatic rings. The van der Waals surface area contributed by atoms with Gasteiger partial charge in [0.2, 0.25) is 0 Å². The van der Waals surface area contributed by atoms with E-state index in [1.807, 2.05) is 6.07 Å². The molecule has 140 valence electrons. The van der Waals surface area contributed by atoms with Gasteiger partial charge in [-0.2, -0.15) is 0 Å². The molecule has 1 atom stereocenters. The topological polar surface area (TPSA) is 26.0 Å². The van der Waals surface area contributed by atoms with Crippen molar-refractivity contribution in [3.8, 4) is 0 Å². The fourth-order valence-electron chi connectivity index (χ4n) is 4.61. The van der Waals surface area contributed by atoms with E-state index in [2.05, 4.69) is 71.8 Å². The number of aromatic nitrogens is 1. The van der Waals surface area contributed by atoms with Crippen LogP contribution in [-0.2, 0) is 17.3 Å². The molecular formula is C24H33NO. The molecule has 1 aliphatic carbocycles. The summed E-state index contributed by atoms with van der Waals surface area (Å²) >= 11 is 0. The van der Waals surface area contributed by atoms with Crippen LogP contribution in [0.1, 0.15) is 89.3 Å². The second-order valence-corrected chi connectivity index (χ2v) is 9.07. The number of rotatable bonds is 5. The van der Waals surface area contributed by atoms with Crippen LogP contribution in [0.3, 0.4) is 0 Å². The summed E-state index contributed by atoms with van der Waals surface area (Å²) in [6.07, 6.45) is 7.38. The average molecular weight is 352 g/mol. The first-order valence-electron chi connectivity index (χ1n) is 9.96. The zero-order valence-electron chi connectivity index (χ0n) is 17.4. The summed E-state index contributed by atoms with van der Waals surface area (Å²) < 4.78 is 5.30. The van der Waals surface area contributed by atoms with E-state index in [0.29, 0.717) is 5.92 Å². The van der Waals surface area contributed by atoms with Crippen molar-refractivity contribution in [1.29, 1.82) is 0 Å². The second kappa shape index (κ2) is 6.72. The molecular weight excluding hydrogens is 318 g/mol. The lowest BCUT2D eigenvalue weighted by atomic mass is 9.71. The van der Waals surface area contributed by atoms with Crippen molar-refractivity contribution >= 4 is 11.6 Å². The van der Waals surface area contributed by atoms with Gasteiger partial charge in [-0.25, -0.2) is 0 Å². The third kappa shape index (κ3) is 3.04. The molecule has 1 aromatic heterocycles. The van der Waals surface area contributed by atoms with Gasteiger partial charge in [0, 0.05) is 6.07 Å². The lowest BCUT2D eigenvalue weighted by Gasteiger charge is -2.32. The maximum Gasteiger partial charge on any atom is 0.159 e. The largest absolute Gasteiger partial charge is 0.357 e. The van der Waals surface area contributed by atoms with Gasteiger partial charge in [0.05, 0.1) is 6.20 Å². The van der Waals surface area contributed by atoms with Crippen molar-refractivity contribution in [2.45, 2.75) is 78.6 Å². The van der Waals surface area contributed by atoms with Crippen LogP contribution in [0.5, 0.6) is 0 Å². The van der Waals surface area contributed by atoms with E-state index >= 15 is 0 Å². The van der Waals surface area contributed by atoms with Crippen LogP contribution in [0.25, 0.3) is 11.6 Å². The van der Waals surface area contributed by atoms with Crippen LogP contribution in [-0.4, -0.2) is 5.16 Å². The van der Waals surface area contributed by atoms with Crippen LogP contribution < -0.4 is 0 Å².